The highest BCUT2D eigenvalue weighted by Gasteiger charge is 2.27. The van der Waals surface area contributed by atoms with Gasteiger partial charge in [-0.05, 0) is 28.7 Å². The predicted molar refractivity (Wildman–Crippen MR) is 52.9 cm³/mol. The summed E-state index contributed by atoms with van der Waals surface area (Å²) in [6, 6.07) is 0.0322. The monoisotopic (exact) mass is 277 g/mol. The fourth-order valence-electron chi connectivity index (χ4n) is 1.30. The van der Waals surface area contributed by atoms with Crippen molar-refractivity contribution in [3.05, 3.63) is 21.8 Å². The van der Waals surface area contributed by atoms with Crippen molar-refractivity contribution in [3.63, 3.8) is 0 Å². The first-order valence-electron chi connectivity index (χ1n) is 3.72. The number of ether oxygens (including phenoxy) is 1. The lowest BCUT2D eigenvalue weighted by Crippen LogP contribution is -2.50. The highest BCUT2D eigenvalue weighted by molar-refractivity contribution is 14.1. The van der Waals surface area contributed by atoms with Crippen molar-refractivity contribution >= 4 is 28.5 Å². The van der Waals surface area contributed by atoms with Gasteiger partial charge < -0.3 is 10.1 Å². The second kappa shape index (κ2) is 3.18. The molecule has 0 saturated carbocycles. The van der Waals surface area contributed by atoms with Gasteiger partial charge in [0.1, 0.15) is 12.7 Å². The van der Waals surface area contributed by atoms with Gasteiger partial charge in [-0.15, -0.1) is 0 Å². The Kier molecular flexibility index (Phi) is 2.18. The number of hydrogen-bond donors (Lipinski definition) is 1. The number of morpholine rings is 1. The number of carbonyl (C=O) groups is 1. The van der Waals surface area contributed by atoms with Gasteiger partial charge in [-0.3, -0.25) is 4.79 Å². The Balaban J connectivity index is 2.15. The maximum Gasteiger partial charge on any atom is 0.246 e. The van der Waals surface area contributed by atoms with Crippen LogP contribution in [0.3, 0.4) is 0 Å². The fraction of sp³-hybridized carbons (Fsp3) is 0.375. The van der Waals surface area contributed by atoms with Gasteiger partial charge >= 0.3 is 0 Å². The molecule has 1 aliphatic heterocycles. The van der Waals surface area contributed by atoms with Gasteiger partial charge in [-0.25, -0.2) is 0 Å². The normalized spacial score (nSPS) is 33.8. The molecule has 0 radical (unpaired) electrons. The zero-order chi connectivity index (χ0) is 8.55. The van der Waals surface area contributed by atoms with Crippen LogP contribution in [-0.4, -0.2) is 24.7 Å². The van der Waals surface area contributed by atoms with Gasteiger partial charge in [0.2, 0.25) is 5.91 Å². The van der Waals surface area contributed by atoms with Gasteiger partial charge in [-0.1, -0.05) is 12.2 Å². The molecule has 2 unspecified atom stereocenters. The Labute approximate surface area is 84.0 Å². The molecule has 64 valence electrons. The average molecular weight is 277 g/mol. The summed E-state index contributed by atoms with van der Waals surface area (Å²) >= 11 is 2.23. The fourth-order valence-corrected chi connectivity index (χ4v) is 1.86. The summed E-state index contributed by atoms with van der Waals surface area (Å²) < 4.78 is 6.48. The highest BCUT2D eigenvalue weighted by atomic mass is 127. The Morgan fingerprint density at radius 1 is 1.67 bits per heavy atom. The Morgan fingerprint density at radius 3 is 3.33 bits per heavy atom. The van der Waals surface area contributed by atoms with Crippen LogP contribution in [0.1, 0.15) is 0 Å². The summed E-state index contributed by atoms with van der Waals surface area (Å²) in [4.78, 5) is 10.9. The van der Waals surface area contributed by atoms with Crippen LogP contribution in [0.4, 0.5) is 0 Å². The number of rotatable bonds is 0. The van der Waals surface area contributed by atoms with E-state index in [-0.39, 0.29) is 24.7 Å². The SMILES string of the molecule is O=C1COC2C=C(I)C=CC2N1. The first-order valence-corrected chi connectivity index (χ1v) is 4.80. The topological polar surface area (TPSA) is 38.3 Å². The first-order chi connectivity index (χ1) is 5.75. The van der Waals surface area contributed by atoms with E-state index in [0.717, 1.165) is 3.58 Å². The summed E-state index contributed by atoms with van der Waals surface area (Å²) in [6.45, 7) is 0.176. The van der Waals surface area contributed by atoms with Crippen molar-refractivity contribution in [1.82, 2.24) is 5.32 Å². The molecule has 3 nitrogen and oxygen atoms in total. The third-order valence-electron chi connectivity index (χ3n) is 1.87. The zero-order valence-electron chi connectivity index (χ0n) is 6.29. The van der Waals surface area contributed by atoms with Crippen molar-refractivity contribution in [1.29, 1.82) is 0 Å². The lowest BCUT2D eigenvalue weighted by Gasteiger charge is -2.30. The number of fused-ring (bicyclic) bond motifs is 1. The molecular formula is C8H8INO2. The molecule has 0 aromatic rings. The van der Waals surface area contributed by atoms with Crippen molar-refractivity contribution in [3.8, 4) is 0 Å². The molecule has 2 rings (SSSR count). The molecule has 0 bridgehead atoms. The molecule has 4 heteroatoms. The van der Waals surface area contributed by atoms with Crippen molar-refractivity contribution in [2.24, 2.45) is 0 Å². The van der Waals surface area contributed by atoms with Gasteiger partial charge in [0.15, 0.2) is 0 Å². The second-order valence-electron chi connectivity index (χ2n) is 2.78. The van der Waals surface area contributed by atoms with Gasteiger partial charge in [-0.2, -0.15) is 0 Å². The lowest BCUT2D eigenvalue weighted by atomic mass is 10.0. The van der Waals surface area contributed by atoms with Crippen LogP contribution in [-0.2, 0) is 9.53 Å². The zero-order valence-corrected chi connectivity index (χ0v) is 8.45. The Bertz CT molecular complexity index is 272. The quantitative estimate of drug-likeness (QED) is 0.664. The van der Waals surface area contributed by atoms with Crippen LogP contribution in [0.25, 0.3) is 0 Å². The molecule has 1 heterocycles. The van der Waals surface area contributed by atoms with Crippen LogP contribution in [0, 0.1) is 0 Å². The van der Waals surface area contributed by atoms with Crippen LogP contribution >= 0.6 is 22.6 Å². The molecule has 1 aliphatic carbocycles. The molecule has 1 fully saturated rings. The minimum Gasteiger partial charge on any atom is -0.362 e. The molecule has 12 heavy (non-hydrogen) atoms. The maximum absolute atomic E-state index is 10.9. The molecule has 0 spiro atoms. The minimum absolute atomic E-state index is 0.0274. The van der Waals surface area contributed by atoms with E-state index >= 15 is 0 Å². The van der Waals surface area contributed by atoms with Crippen LogP contribution in [0.15, 0.2) is 21.8 Å². The standard InChI is InChI=1S/C8H8INO2/c9-5-1-2-6-7(3-5)12-4-8(11)10-6/h1-3,6-7H,4H2,(H,10,11). The van der Waals surface area contributed by atoms with Gasteiger partial charge in [0, 0.05) is 3.58 Å². The highest BCUT2D eigenvalue weighted by Crippen LogP contribution is 2.20. The molecule has 2 aliphatic rings. The summed E-state index contributed by atoms with van der Waals surface area (Å²) in [6.07, 6.45) is 5.99. The largest absolute Gasteiger partial charge is 0.362 e. The molecule has 1 amide bonds. The number of allylic oxidation sites excluding steroid dienone is 2. The van der Waals surface area contributed by atoms with E-state index in [2.05, 4.69) is 27.9 Å². The average Bonchev–Trinajstić information content (AvgIpc) is 2.05. The molecule has 1 N–H and O–H groups in total. The summed E-state index contributed by atoms with van der Waals surface area (Å²) in [7, 11) is 0. The smallest absolute Gasteiger partial charge is 0.246 e. The van der Waals surface area contributed by atoms with Crippen LogP contribution in [0.2, 0.25) is 0 Å². The summed E-state index contributed by atoms with van der Waals surface area (Å²) in [5.41, 5.74) is 0. The second-order valence-corrected chi connectivity index (χ2v) is 4.03. The number of nitrogens with one attached hydrogen (secondary N) is 1. The molecule has 1 saturated heterocycles. The van der Waals surface area contributed by atoms with Crippen LogP contribution < -0.4 is 5.32 Å². The van der Waals surface area contributed by atoms with Gasteiger partial charge in [0.25, 0.3) is 0 Å². The minimum atomic E-state index is -0.0359. The number of hydrogen-bond acceptors (Lipinski definition) is 2. The van der Waals surface area contributed by atoms with E-state index in [0.29, 0.717) is 0 Å². The summed E-state index contributed by atoms with van der Waals surface area (Å²) in [5, 5.41) is 2.84. The van der Waals surface area contributed by atoms with E-state index in [1.807, 2.05) is 18.2 Å². The van der Waals surface area contributed by atoms with E-state index in [9.17, 15) is 4.79 Å². The van der Waals surface area contributed by atoms with Crippen LogP contribution in [0.5, 0.6) is 0 Å². The predicted octanol–water partition coefficient (Wildman–Crippen LogP) is 0.759. The van der Waals surface area contributed by atoms with Crippen molar-refractivity contribution in [2.75, 3.05) is 6.61 Å². The summed E-state index contributed by atoms with van der Waals surface area (Å²) in [5.74, 6) is -0.0359. The van der Waals surface area contributed by atoms with E-state index in [1.165, 1.54) is 0 Å². The Hall–Kier alpha value is -0.360. The lowest BCUT2D eigenvalue weighted by molar-refractivity contribution is -0.133. The molecule has 2 atom stereocenters. The van der Waals surface area contributed by atoms with Gasteiger partial charge in [0.05, 0.1) is 6.04 Å². The maximum atomic E-state index is 10.9. The number of halogens is 1. The third kappa shape index (κ3) is 1.54. The third-order valence-corrected chi connectivity index (χ3v) is 2.59. The Morgan fingerprint density at radius 2 is 2.50 bits per heavy atom. The number of amides is 1. The van der Waals surface area contributed by atoms with Crippen molar-refractivity contribution < 1.29 is 9.53 Å². The van der Waals surface area contributed by atoms with E-state index < -0.39 is 0 Å². The number of carbonyl (C=O) groups excluding carboxylic acids is 1. The van der Waals surface area contributed by atoms with E-state index in [4.69, 9.17) is 4.74 Å². The first kappa shape index (κ1) is 8.25. The van der Waals surface area contributed by atoms with Crippen molar-refractivity contribution in [2.45, 2.75) is 12.1 Å². The molecular weight excluding hydrogens is 269 g/mol. The van der Waals surface area contributed by atoms with E-state index in [1.54, 1.807) is 0 Å². The molecule has 0 aromatic heterocycles. The molecule has 0 aromatic carbocycles.